The van der Waals surface area contributed by atoms with Crippen molar-refractivity contribution >= 4 is 11.9 Å². The van der Waals surface area contributed by atoms with Crippen molar-refractivity contribution in [2.75, 3.05) is 46.3 Å². The van der Waals surface area contributed by atoms with Gasteiger partial charge in [0, 0.05) is 0 Å². The fraction of sp³-hybridized carbons (Fsp3) is 0.486. The first-order chi connectivity index (χ1) is 21.3. The molecular weight excluding hydrogens is 567 g/mol. The van der Waals surface area contributed by atoms with Crippen LogP contribution in [0.15, 0.2) is 60.7 Å². The molecule has 44 heavy (non-hydrogen) atoms. The van der Waals surface area contributed by atoms with Crippen molar-refractivity contribution in [1.82, 2.24) is 0 Å². The maximum absolute atomic E-state index is 12.5. The van der Waals surface area contributed by atoms with Crippen LogP contribution in [0.25, 0.3) is 11.1 Å². The third-order valence-electron chi connectivity index (χ3n) is 7.94. The Bertz CT molecular complexity index is 1270. The molecule has 0 unspecified atom stereocenters. The summed E-state index contributed by atoms with van der Waals surface area (Å²) in [4.78, 5) is 23.5. The lowest BCUT2D eigenvalue weighted by atomic mass is 9.76. The molecule has 0 aliphatic heterocycles. The number of carbonyl (C=O) groups is 2. The molecule has 0 spiro atoms. The molecule has 0 atom stereocenters. The summed E-state index contributed by atoms with van der Waals surface area (Å²) in [7, 11) is 0. The van der Waals surface area contributed by atoms with Gasteiger partial charge < -0.3 is 29.2 Å². The van der Waals surface area contributed by atoms with E-state index in [0.29, 0.717) is 29.8 Å². The average Bonchev–Trinajstić information content (AvgIpc) is 3.04. The fourth-order valence-corrected chi connectivity index (χ4v) is 5.43. The lowest BCUT2D eigenvalue weighted by molar-refractivity contribution is -0.141. The van der Waals surface area contributed by atoms with Gasteiger partial charge in [0.05, 0.1) is 31.0 Å². The van der Waals surface area contributed by atoms with E-state index in [1.165, 1.54) is 24.0 Å². The predicted octanol–water partition coefficient (Wildman–Crippen LogP) is 6.02. The van der Waals surface area contributed by atoms with Crippen molar-refractivity contribution < 1.29 is 43.1 Å². The number of unbranched alkanes of at least 4 members (excludes halogenated alkanes) is 1. The molecule has 2 aromatic rings. The number of ether oxygens (including phenoxy) is 4. The van der Waals surface area contributed by atoms with E-state index in [1.807, 2.05) is 12.1 Å². The minimum absolute atomic E-state index is 0.0317. The summed E-state index contributed by atoms with van der Waals surface area (Å²) in [5.74, 6) is 0.667. The molecular formula is C35H45FO8. The molecule has 1 aliphatic carbocycles. The molecule has 2 aromatic carbocycles. The van der Waals surface area contributed by atoms with Gasteiger partial charge in [-0.1, -0.05) is 50.3 Å². The summed E-state index contributed by atoms with van der Waals surface area (Å²) >= 11 is 0. The van der Waals surface area contributed by atoms with Gasteiger partial charge in [0.15, 0.2) is 11.5 Å². The Morgan fingerprint density at radius 1 is 0.795 bits per heavy atom. The first kappa shape index (κ1) is 34.8. The SMILES string of the molecule is C=C(CO)C(=O)OCCOc1ccc(-c2ccc(C3CCC(CCCCF)CC3)c(C)c2)cc1OCCOC(=O)C(=C)CO. The van der Waals surface area contributed by atoms with Crippen LogP contribution < -0.4 is 9.47 Å². The number of aliphatic hydroxyl groups is 2. The first-order valence-electron chi connectivity index (χ1n) is 15.2. The summed E-state index contributed by atoms with van der Waals surface area (Å²) < 4.78 is 34.3. The summed E-state index contributed by atoms with van der Waals surface area (Å²) in [6.07, 6.45) is 7.48. The molecule has 0 aromatic heterocycles. The molecule has 8 nitrogen and oxygen atoms in total. The summed E-state index contributed by atoms with van der Waals surface area (Å²) in [6.45, 7) is 7.78. The number of rotatable bonds is 18. The van der Waals surface area contributed by atoms with Crippen molar-refractivity contribution in [3.05, 3.63) is 71.8 Å². The van der Waals surface area contributed by atoms with Gasteiger partial charge >= 0.3 is 11.9 Å². The van der Waals surface area contributed by atoms with Gasteiger partial charge in [-0.05, 0) is 85.3 Å². The Hall–Kier alpha value is -3.69. The van der Waals surface area contributed by atoms with Crippen LogP contribution >= 0.6 is 0 Å². The van der Waals surface area contributed by atoms with Gasteiger partial charge in [0.25, 0.3) is 0 Å². The number of esters is 2. The standard InChI is InChI=1S/C35H45FO8/c1-24-20-29(11-13-31(24)28-9-7-27(8-10-28)6-4-5-15-36)30-12-14-32(41-16-18-43-34(39)25(2)22-37)33(21-30)42-17-19-44-35(40)26(3)23-38/h11-14,20-21,27-28,37-38H,2-10,15-19,22-23H2,1H3. The van der Waals surface area contributed by atoms with E-state index in [-0.39, 0.29) is 44.2 Å². The van der Waals surface area contributed by atoms with E-state index in [0.717, 1.165) is 36.8 Å². The number of alkyl halides is 1. The molecule has 9 heteroatoms. The van der Waals surface area contributed by atoms with Gasteiger partial charge in [-0.15, -0.1) is 0 Å². The third kappa shape index (κ3) is 10.5. The van der Waals surface area contributed by atoms with E-state index < -0.39 is 25.2 Å². The second kappa shape index (κ2) is 18.2. The molecule has 0 saturated heterocycles. The maximum atomic E-state index is 12.5. The van der Waals surface area contributed by atoms with Crippen molar-refractivity contribution in [3.63, 3.8) is 0 Å². The molecule has 3 rings (SSSR count). The largest absolute Gasteiger partial charge is 0.486 e. The second-order valence-electron chi connectivity index (χ2n) is 11.1. The second-order valence-corrected chi connectivity index (χ2v) is 11.1. The molecule has 1 saturated carbocycles. The van der Waals surface area contributed by atoms with Crippen LogP contribution in [0.1, 0.15) is 62.0 Å². The molecule has 1 aliphatic rings. The van der Waals surface area contributed by atoms with E-state index >= 15 is 0 Å². The highest BCUT2D eigenvalue weighted by Gasteiger charge is 2.23. The molecule has 0 heterocycles. The van der Waals surface area contributed by atoms with Crippen LogP contribution in [0.5, 0.6) is 11.5 Å². The van der Waals surface area contributed by atoms with Crippen LogP contribution in [0.4, 0.5) is 4.39 Å². The van der Waals surface area contributed by atoms with Crippen LogP contribution in [0.3, 0.4) is 0 Å². The van der Waals surface area contributed by atoms with Crippen molar-refractivity contribution in [2.24, 2.45) is 5.92 Å². The van der Waals surface area contributed by atoms with Crippen LogP contribution in [0, 0.1) is 12.8 Å². The number of aliphatic hydroxyl groups excluding tert-OH is 2. The lowest BCUT2D eigenvalue weighted by Gasteiger charge is -2.30. The lowest BCUT2D eigenvalue weighted by Crippen LogP contribution is -2.16. The highest BCUT2D eigenvalue weighted by atomic mass is 19.1. The molecule has 2 N–H and O–H groups in total. The number of hydrogen-bond donors (Lipinski definition) is 2. The summed E-state index contributed by atoms with van der Waals surface area (Å²) in [5.41, 5.74) is 4.44. The fourth-order valence-electron chi connectivity index (χ4n) is 5.43. The molecule has 1 fully saturated rings. The Kier molecular flexibility index (Phi) is 14.4. The van der Waals surface area contributed by atoms with Gasteiger partial charge in [0.2, 0.25) is 0 Å². The number of carbonyl (C=O) groups excluding carboxylic acids is 2. The Labute approximate surface area is 259 Å². The topological polar surface area (TPSA) is 112 Å². The summed E-state index contributed by atoms with van der Waals surface area (Å²) in [5, 5.41) is 18.1. The Morgan fingerprint density at radius 2 is 1.36 bits per heavy atom. The van der Waals surface area contributed by atoms with Gasteiger partial charge in [-0.3, -0.25) is 4.39 Å². The van der Waals surface area contributed by atoms with Crippen molar-refractivity contribution in [3.8, 4) is 22.6 Å². The van der Waals surface area contributed by atoms with E-state index in [4.69, 9.17) is 29.2 Å². The predicted molar refractivity (Wildman–Crippen MR) is 166 cm³/mol. The normalized spacial score (nSPS) is 16.2. The zero-order valence-electron chi connectivity index (χ0n) is 25.7. The summed E-state index contributed by atoms with van der Waals surface area (Å²) in [6, 6.07) is 12.0. The van der Waals surface area contributed by atoms with Crippen molar-refractivity contribution in [1.29, 1.82) is 0 Å². The highest BCUT2D eigenvalue weighted by molar-refractivity contribution is 5.88. The average molecular weight is 613 g/mol. The Morgan fingerprint density at radius 3 is 1.93 bits per heavy atom. The quantitative estimate of drug-likeness (QED) is 0.120. The number of aryl methyl sites for hydroxylation is 1. The van der Waals surface area contributed by atoms with Crippen LogP contribution in [-0.4, -0.2) is 68.5 Å². The molecule has 0 bridgehead atoms. The maximum Gasteiger partial charge on any atom is 0.335 e. The third-order valence-corrected chi connectivity index (χ3v) is 7.94. The minimum atomic E-state index is -0.701. The number of benzene rings is 2. The van der Waals surface area contributed by atoms with Crippen LogP contribution in [-0.2, 0) is 19.1 Å². The van der Waals surface area contributed by atoms with Gasteiger partial charge in [0.1, 0.15) is 26.4 Å². The van der Waals surface area contributed by atoms with E-state index in [1.54, 1.807) is 6.07 Å². The molecule has 240 valence electrons. The zero-order valence-corrected chi connectivity index (χ0v) is 25.7. The Balaban J connectivity index is 1.68. The van der Waals surface area contributed by atoms with E-state index in [9.17, 15) is 14.0 Å². The highest BCUT2D eigenvalue weighted by Crippen LogP contribution is 2.40. The van der Waals surface area contributed by atoms with E-state index in [2.05, 4.69) is 38.3 Å². The van der Waals surface area contributed by atoms with Gasteiger partial charge in [-0.25, -0.2) is 9.59 Å². The first-order valence-corrected chi connectivity index (χ1v) is 15.2. The number of halogens is 1. The molecule has 0 amide bonds. The smallest absolute Gasteiger partial charge is 0.335 e. The number of hydrogen-bond acceptors (Lipinski definition) is 8. The monoisotopic (exact) mass is 612 g/mol. The zero-order chi connectivity index (χ0) is 31.9. The molecule has 0 radical (unpaired) electrons. The van der Waals surface area contributed by atoms with Gasteiger partial charge in [-0.2, -0.15) is 0 Å². The van der Waals surface area contributed by atoms with Crippen molar-refractivity contribution in [2.45, 2.75) is 57.8 Å². The van der Waals surface area contributed by atoms with Crippen LogP contribution in [0.2, 0.25) is 0 Å². The minimum Gasteiger partial charge on any atom is -0.486 e.